The van der Waals surface area contributed by atoms with Crippen molar-refractivity contribution in [1.82, 2.24) is 9.55 Å². The molecule has 1 aliphatic rings. The van der Waals surface area contributed by atoms with Crippen LogP contribution in [0, 0.1) is 0 Å². The number of fused-ring (bicyclic) bond motifs is 2. The molecule has 1 aliphatic heterocycles. The van der Waals surface area contributed by atoms with Crippen molar-refractivity contribution < 1.29 is 4.79 Å². The van der Waals surface area contributed by atoms with Crippen molar-refractivity contribution in [2.24, 2.45) is 0 Å². The molecule has 0 saturated heterocycles. The summed E-state index contributed by atoms with van der Waals surface area (Å²) in [7, 11) is 0. The third-order valence-corrected chi connectivity index (χ3v) is 6.75. The second-order valence-electron chi connectivity index (χ2n) is 6.72. The molecule has 3 aromatic rings. The fraction of sp³-hybridized carbons (Fsp3) is 0.286. The number of allylic oxidation sites excluding steroid dienone is 1. The molecule has 144 valence electrons. The summed E-state index contributed by atoms with van der Waals surface area (Å²) in [5.41, 5.74) is 2.12. The van der Waals surface area contributed by atoms with E-state index in [4.69, 9.17) is 0 Å². The fourth-order valence-corrected chi connectivity index (χ4v) is 5.29. The Balaban J connectivity index is 1.64. The highest BCUT2D eigenvalue weighted by Crippen LogP contribution is 2.31. The van der Waals surface area contributed by atoms with Gasteiger partial charge < -0.3 is 4.90 Å². The van der Waals surface area contributed by atoms with Crippen LogP contribution in [-0.4, -0.2) is 27.3 Å². The van der Waals surface area contributed by atoms with E-state index in [2.05, 4.69) is 17.6 Å². The minimum Gasteiger partial charge on any atom is -0.311 e. The van der Waals surface area contributed by atoms with Gasteiger partial charge in [-0.1, -0.05) is 36.0 Å². The lowest BCUT2D eigenvalue weighted by Gasteiger charge is -2.31. The number of aryl methyl sites for hydroxylation is 1. The van der Waals surface area contributed by atoms with E-state index in [9.17, 15) is 9.59 Å². The maximum atomic E-state index is 13.2. The van der Waals surface area contributed by atoms with Crippen molar-refractivity contribution in [2.45, 2.75) is 36.7 Å². The number of amides is 1. The molecule has 0 N–H and O–H groups in total. The van der Waals surface area contributed by atoms with E-state index in [1.165, 1.54) is 28.7 Å². The van der Waals surface area contributed by atoms with Gasteiger partial charge in [0.1, 0.15) is 4.83 Å². The second-order valence-corrected chi connectivity index (χ2v) is 8.92. The van der Waals surface area contributed by atoms with E-state index in [-0.39, 0.29) is 16.7 Å². The molecule has 1 aromatic carbocycles. The third-order valence-electron chi connectivity index (χ3n) is 4.87. The van der Waals surface area contributed by atoms with Crippen LogP contribution < -0.4 is 10.5 Å². The molecule has 2 aromatic heterocycles. The SMILES string of the molecule is C=CCn1c(SC(C)C(=O)N2CCCc3ccccc32)nc2sccc2c1=O. The monoisotopic (exact) mass is 411 g/mol. The summed E-state index contributed by atoms with van der Waals surface area (Å²) in [6.07, 6.45) is 3.64. The number of hydrogen-bond acceptors (Lipinski definition) is 5. The molecule has 0 fully saturated rings. The number of hydrogen-bond donors (Lipinski definition) is 0. The van der Waals surface area contributed by atoms with Gasteiger partial charge in [-0.2, -0.15) is 0 Å². The Morgan fingerprint density at radius 3 is 3.04 bits per heavy atom. The second kappa shape index (κ2) is 7.93. The van der Waals surface area contributed by atoms with Crippen LogP contribution >= 0.6 is 23.1 Å². The van der Waals surface area contributed by atoms with Gasteiger partial charge >= 0.3 is 0 Å². The predicted octanol–water partition coefficient (Wildman–Crippen LogP) is 4.10. The highest BCUT2D eigenvalue weighted by atomic mass is 32.2. The van der Waals surface area contributed by atoms with Crippen LogP contribution in [0.3, 0.4) is 0 Å². The first-order valence-corrected chi connectivity index (χ1v) is 11.0. The Morgan fingerprint density at radius 2 is 2.21 bits per heavy atom. The van der Waals surface area contributed by atoms with Gasteiger partial charge in [0.25, 0.3) is 5.56 Å². The Labute approximate surface area is 171 Å². The van der Waals surface area contributed by atoms with Crippen LogP contribution in [0.1, 0.15) is 18.9 Å². The molecule has 0 bridgehead atoms. The maximum Gasteiger partial charge on any atom is 0.263 e. The van der Waals surface area contributed by atoms with Gasteiger partial charge in [0.2, 0.25) is 5.91 Å². The maximum absolute atomic E-state index is 13.2. The summed E-state index contributed by atoms with van der Waals surface area (Å²) in [4.78, 5) is 33.2. The fourth-order valence-electron chi connectivity index (χ4n) is 3.50. The molecule has 4 rings (SSSR count). The zero-order chi connectivity index (χ0) is 19.7. The zero-order valence-corrected chi connectivity index (χ0v) is 17.3. The molecule has 0 aliphatic carbocycles. The molecule has 28 heavy (non-hydrogen) atoms. The van der Waals surface area contributed by atoms with Gasteiger partial charge in [0, 0.05) is 18.8 Å². The standard InChI is InChI=1S/C21H21N3O2S2/c1-3-11-24-20(26)16-10-13-27-18(16)22-21(24)28-14(2)19(25)23-12-6-8-15-7-4-5-9-17(15)23/h3-5,7,9-10,13-14H,1,6,8,11-12H2,2H3. The molecule has 3 heterocycles. The predicted molar refractivity (Wildman–Crippen MR) is 117 cm³/mol. The quantitative estimate of drug-likeness (QED) is 0.360. The normalized spacial score (nSPS) is 14.7. The Kier molecular flexibility index (Phi) is 5.37. The lowest BCUT2D eigenvalue weighted by molar-refractivity contribution is -0.117. The van der Waals surface area contributed by atoms with Crippen molar-refractivity contribution in [3.05, 3.63) is 64.3 Å². The summed E-state index contributed by atoms with van der Waals surface area (Å²) in [6.45, 7) is 6.72. The molecule has 0 saturated carbocycles. The number of benzene rings is 1. The molecule has 1 amide bonds. The summed E-state index contributed by atoms with van der Waals surface area (Å²) in [5, 5.41) is 2.68. The molecule has 1 atom stereocenters. The number of nitrogens with zero attached hydrogens (tertiary/aromatic N) is 3. The number of carbonyl (C=O) groups excluding carboxylic acids is 1. The van der Waals surface area contributed by atoms with Crippen molar-refractivity contribution in [3.8, 4) is 0 Å². The molecular weight excluding hydrogens is 390 g/mol. The van der Waals surface area contributed by atoms with E-state index in [0.29, 0.717) is 21.9 Å². The van der Waals surface area contributed by atoms with Crippen LogP contribution in [0.25, 0.3) is 10.2 Å². The lowest BCUT2D eigenvalue weighted by atomic mass is 10.0. The van der Waals surface area contributed by atoms with Crippen LogP contribution in [0.15, 0.2) is 58.3 Å². The summed E-state index contributed by atoms with van der Waals surface area (Å²) in [6, 6.07) is 9.87. The third kappa shape index (κ3) is 3.40. The number of aromatic nitrogens is 2. The number of anilines is 1. The minimum atomic E-state index is -0.355. The molecule has 7 heteroatoms. The van der Waals surface area contributed by atoms with E-state index < -0.39 is 0 Å². The van der Waals surface area contributed by atoms with E-state index in [0.717, 1.165) is 25.1 Å². The van der Waals surface area contributed by atoms with Crippen molar-refractivity contribution in [1.29, 1.82) is 0 Å². The average molecular weight is 412 g/mol. The lowest BCUT2D eigenvalue weighted by Crippen LogP contribution is -2.40. The van der Waals surface area contributed by atoms with Crippen molar-refractivity contribution in [2.75, 3.05) is 11.4 Å². The first-order valence-electron chi connectivity index (χ1n) is 9.25. The van der Waals surface area contributed by atoms with Crippen LogP contribution in [0.5, 0.6) is 0 Å². The minimum absolute atomic E-state index is 0.0443. The van der Waals surface area contributed by atoms with E-state index in [1.54, 1.807) is 16.7 Å². The highest BCUT2D eigenvalue weighted by Gasteiger charge is 2.28. The number of rotatable bonds is 5. The molecule has 0 spiro atoms. The van der Waals surface area contributed by atoms with Gasteiger partial charge in [0.15, 0.2) is 5.16 Å². The Bertz CT molecular complexity index is 1100. The van der Waals surface area contributed by atoms with E-state index in [1.807, 2.05) is 35.4 Å². The van der Waals surface area contributed by atoms with Gasteiger partial charge in [-0.05, 0) is 42.8 Å². The topological polar surface area (TPSA) is 55.2 Å². The number of thiophene rings is 1. The largest absolute Gasteiger partial charge is 0.311 e. The molecular formula is C21H21N3O2S2. The van der Waals surface area contributed by atoms with Gasteiger partial charge in [-0.3, -0.25) is 14.2 Å². The summed E-state index contributed by atoms with van der Waals surface area (Å²) >= 11 is 2.78. The van der Waals surface area contributed by atoms with Crippen LogP contribution in [0.2, 0.25) is 0 Å². The molecule has 0 radical (unpaired) electrons. The number of para-hydroxylation sites is 1. The molecule has 1 unspecified atom stereocenters. The van der Waals surface area contributed by atoms with Gasteiger partial charge in [-0.25, -0.2) is 4.98 Å². The first-order chi connectivity index (χ1) is 13.6. The number of carbonyl (C=O) groups is 1. The number of thioether (sulfide) groups is 1. The van der Waals surface area contributed by atoms with Crippen LogP contribution in [0.4, 0.5) is 5.69 Å². The first kappa shape index (κ1) is 19.0. The highest BCUT2D eigenvalue weighted by molar-refractivity contribution is 8.00. The summed E-state index contributed by atoms with van der Waals surface area (Å²) < 4.78 is 1.60. The van der Waals surface area contributed by atoms with E-state index >= 15 is 0 Å². The average Bonchev–Trinajstić information content (AvgIpc) is 3.18. The molecule has 5 nitrogen and oxygen atoms in total. The van der Waals surface area contributed by atoms with Crippen LogP contribution in [-0.2, 0) is 17.8 Å². The van der Waals surface area contributed by atoms with Crippen molar-refractivity contribution in [3.63, 3.8) is 0 Å². The zero-order valence-electron chi connectivity index (χ0n) is 15.6. The smallest absolute Gasteiger partial charge is 0.263 e. The van der Waals surface area contributed by atoms with Gasteiger partial charge in [-0.15, -0.1) is 17.9 Å². The summed E-state index contributed by atoms with van der Waals surface area (Å²) in [5.74, 6) is 0.0443. The van der Waals surface area contributed by atoms with Crippen molar-refractivity contribution >= 4 is 44.9 Å². The van der Waals surface area contributed by atoms with Gasteiger partial charge in [0.05, 0.1) is 10.6 Å². The Morgan fingerprint density at radius 1 is 1.39 bits per heavy atom. The Hall–Kier alpha value is -2.38.